The van der Waals surface area contributed by atoms with Gasteiger partial charge in [0.05, 0.1) is 6.61 Å². The molecular formula is C13H14N6OS. The molecule has 0 aliphatic carbocycles. The number of nitrogens with zero attached hydrogens (tertiary/aromatic N) is 3. The highest BCUT2D eigenvalue weighted by atomic mass is 32.1. The quantitative estimate of drug-likeness (QED) is 0.492. The fourth-order valence-electron chi connectivity index (χ4n) is 1.84. The molecule has 0 aliphatic rings. The fourth-order valence-corrected chi connectivity index (χ4v) is 2.62. The van der Waals surface area contributed by atoms with E-state index in [1.54, 1.807) is 11.3 Å². The molecule has 0 unspecified atom stereocenters. The first-order valence-corrected chi connectivity index (χ1v) is 7.26. The standard InChI is InChI=1S/C13H14N6OS/c1-2-20-13-17-11(16-12(18-13)19-14)15-9-3-4-10-8(7-9)5-6-21-10/h3-7H,2,14H2,1H3,(H2,15,16,17,18,19). The Balaban J connectivity index is 1.90. The van der Waals surface area contributed by atoms with Crippen LogP contribution in [0.15, 0.2) is 29.6 Å². The first kappa shape index (κ1) is 13.5. The van der Waals surface area contributed by atoms with E-state index in [1.807, 2.05) is 19.1 Å². The van der Waals surface area contributed by atoms with Crippen LogP contribution >= 0.6 is 11.3 Å². The fraction of sp³-hybridized carbons (Fsp3) is 0.154. The van der Waals surface area contributed by atoms with Crippen LogP contribution in [0.2, 0.25) is 0 Å². The summed E-state index contributed by atoms with van der Waals surface area (Å²) in [7, 11) is 0. The predicted octanol–water partition coefficient (Wildman–Crippen LogP) is 2.51. The van der Waals surface area contributed by atoms with Crippen LogP contribution in [0.25, 0.3) is 10.1 Å². The number of hydrogen-bond acceptors (Lipinski definition) is 8. The highest BCUT2D eigenvalue weighted by Gasteiger charge is 2.07. The van der Waals surface area contributed by atoms with Crippen LogP contribution in [0.5, 0.6) is 6.01 Å². The van der Waals surface area contributed by atoms with E-state index in [-0.39, 0.29) is 12.0 Å². The Morgan fingerprint density at radius 3 is 2.86 bits per heavy atom. The Morgan fingerprint density at radius 2 is 2.05 bits per heavy atom. The van der Waals surface area contributed by atoms with Crippen molar-refractivity contribution in [1.29, 1.82) is 0 Å². The van der Waals surface area contributed by atoms with Gasteiger partial charge in [0, 0.05) is 10.4 Å². The normalized spacial score (nSPS) is 10.6. The lowest BCUT2D eigenvalue weighted by atomic mass is 10.2. The van der Waals surface area contributed by atoms with E-state index in [0.717, 1.165) is 5.69 Å². The molecule has 4 N–H and O–H groups in total. The van der Waals surface area contributed by atoms with Gasteiger partial charge in [0.25, 0.3) is 0 Å². The van der Waals surface area contributed by atoms with Gasteiger partial charge in [-0.05, 0) is 42.0 Å². The zero-order chi connectivity index (χ0) is 14.7. The van der Waals surface area contributed by atoms with Crippen molar-refractivity contribution in [3.05, 3.63) is 29.6 Å². The minimum absolute atomic E-state index is 0.222. The number of nitrogen functional groups attached to an aromatic ring is 1. The Bertz CT molecular complexity index is 759. The van der Waals surface area contributed by atoms with Crippen molar-refractivity contribution in [2.45, 2.75) is 6.92 Å². The number of nitrogens with two attached hydrogens (primary N) is 1. The van der Waals surface area contributed by atoms with Crippen molar-refractivity contribution in [2.24, 2.45) is 5.84 Å². The van der Waals surface area contributed by atoms with Crippen LogP contribution < -0.4 is 21.3 Å². The molecule has 108 valence electrons. The SMILES string of the molecule is CCOc1nc(NN)nc(Nc2ccc3sccc3c2)n1. The van der Waals surface area contributed by atoms with E-state index < -0.39 is 0 Å². The molecule has 0 amide bonds. The van der Waals surface area contributed by atoms with Gasteiger partial charge < -0.3 is 10.1 Å². The van der Waals surface area contributed by atoms with Crippen molar-refractivity contribution >= 4 is 39.0 Å². The van der Waals surface area contributed by atoms with Crippen LogP contribution in [-0.4, -0.2) is 21.6 Å². The summed E-state index contributed by atoms with van der Waals surface area (Å²) in [4.78, 5) is 12.3. The maximum absolute atomic E-state index is 5.35. The summed E-state index contributed by atoms with van der Waals surface area (Å²) in [6.45, 7) is 2.32. The van der Waals surface area contributed by atoms with Crippen LogP contribution in [-0.2, 0) is 0 Å². The summed E-state index contributed by atoms with van der Waals surface area (Å²) < 4.78 is 6.52. The molecule has 8 heteroatoms. The minimum atomic E-state index is 0.222. The van der Waals surface area contributed by atoms with E-state index in [2.05, 4.69) is 43.2 Å². The van der Waals surface area contributed by atoms with Gasteiger partial charge in [-0.15, -0.1) is 11.3 Å². The Morgan fingerprint density at radius 1 is 1.19 bits per heavy atom. The number of aromatic nitrogens is 3. The molecule has 0 fully saturated rings. The second-order valence-corrected chi connectivity index (χ2v) is 5.09. The van der Waals surface area contributed by atoms with E-state index in [4.69, 9.17) is 10.6 Å². The highest BCUT2D eigenvalue weighted by molar-refractivity contribution is 7.17. The molecule has 21 heavy (non-hydrogen) atoms. The van der Waals surface area contributed by atoms with Gasteiger partial charge in [0.2, 0.25) is 11.9 Å². The highest BCUT2D eigenvalue weighted by Crippen LogP contribution is 2.25. The molecule has 3 aromatic rings. The summed E-state index contributed by atoms with van der Waals surface area (Å²) in [6.07, 6.45) is 0. The van der Waals surface area contributed by atoms with Crippen LogP contribution in [0.4, 0.5) is 17.6 Å². The van der Waals surface area contributed by atoms with Gasteiger partial charge in [-0.25, -0.2) is 5.84 Å². The molecule has 3 rings (SSSR count). The third-order valence-corrected chi connectivity index (χ3v) is 3.62. The topological polar surface area (TPSA) is 98.0 Å². The number of hydrazine groups is 1. The third kappa shape index (κ3) is 3.01. The van der Waals surface area contributed by atoms with Crippen molar-refractivity contribution in [3.63, 3.8) is 0 Å². The van der Waals surface area contributed by atoms with Crippen LogP contribution in [0, 0.1) is 0 Å². The predicted molar refractivity (Wildman–Crippen MR) is 83.9 cm³/mol. The number of anilines is 3. The lowest BCUT2D eigenvalue weighted by Gasteiger charge is -2.08. The summed E-state index contributed by atoms with van der Waals surface area (Å²) in [5, 5.41) is 6.35. The van der Waals surface area contributed by atoms with Gasteiger partial charge >= 0.3 is 6.01 Å². The minimum Gasteiger partial charge on any atom is -0.464 e. The van der Waals surface area contributed by atoms with Crippen molar-refractivity contribution in [1.82, 2.24) is 15.0 Å². The van der Waals surface area contributed by atoms with E-state index in [0.29, 0.717) is 12.6 Å². The molecular weight excluding hydrogens is 288 g/mol. The summed E-state index contributed by atoms with van der Waals surface area (Å²) in [5.41, 5.74) is 3.28. The van der Waals surface area contributed by atoms with Crippen molar-refractivity contribution in [3.8, 4) is 6.01 Å². The third-order valence-electron chi connectivity index (χ3n) is 2.73. The van der Waals surface area contributed by atoms with E-state index >= 15 is 0 Å². The zero-order valence-corrected chi connectivity index (χ0v) is 12.1. The van der Waals surface area contributed by atoms with Crippen LogP contribution in [0.1, 0.15) is 6.92 Å². The van der Waals surface area contributed by atoms with Gasteiger partial charge in [-0.3, -0.25) is 5.43 Å². The summed E-state index contributed by atoms with van der Waals surface area (Å²) >= 11 is 1.70. The maximum Gasteiger partial charge on any atom is 0.323 e. The molecule has 1 aromatic carbocycles. The number of thiophene rings is 1. The second kappa shape index (κ2) is 5.90. The lowest BCUT2D eigenvalue weighted by molar-refractivity contribution is 0.312. The number of fused-ring (bicyclic) bond motifs is 1. The smallest absolute Gasteiger partial charge is 0.323 e. The lowest BCUT2D eigenvalue weighted by Crippen LogP contribution is -2.13. The van der Waals surface area contributed by atoms with Gasteiger partial charge in [-0.1, -0.05) is 0 Å². The maximum atomic E-state index is 5.35. The largest absolute Gasteiger partial charge is 0.464 e. The van der Waals surface area contributed by atoms with E-state index in [1.165, 1.54) is 10.1 Å². The molecule has 0 atom stereocenters. The molecule has 2 aromatic heterocycles. The number of benzene rings is 1. The average molecular weight is 302 g/mol. The monoisotopic (exact) mass is 302 g/mol. The average Bonchev–Trinajstić information content (AvgIpc) is 2.95. The van der Waals surface area contributed by atoms with Crippen molar-refractivity contribution < 1.29 is 4.74 Å². The molecule has 0 bridgehead atoms. The Labute approximate surface area is 125 Å². The summed E-state index contributed by atoms with van der Waals surface area (Å²) in [5.74, 6) is 5.97. The molecule has 0 saturated carbocycles. The number of rotatable bonds is 5. The van der Waals surface area contributed by atoms with Crippen molar-refractivity contribution in [2.75, 3.05) is 17.3 Å². The van der Waals surface area contributed by atoms with E-state index in [9.17, 15) is 0 Å². The Hall–Kier alpha value is -2.45. The first-order valence-electron chi connectivity index (χ1n) is 6.38. The molecule has 0 saturated heterocycles. The van der Waals surface area contributed by atoms with Gasteiger partial charge in [0.1, 0.15) is 0 Å². The zero-order valence-electron chi connectivity index (χ0n) is 11.3. The van der Waals surface area contributed by atoms with Gasteiger partial charge in [-0.2, -0.15) is 15.0 Å². The summed E-state index contributed by atoms with van der Waals surface area (Å²) in [6, 6.07) is 8.34. The first-order chi connectivity index (χ1) is 10.3. The number of hydrogen-bond donors (Lipinski definition) is 3. The van der Waals surface area contributed by atoms with Crippen LogP contribution in [0.3, 0.4) is 0 Å². The molecule has 0 aliphatic heterocycles. The molecule has 7 nitrogen and oxygen atoms in total. The second-order valence-electron chi connectivity index (χ2n) is 4.14. The molecule has 2 heterocycles. The number of ether oxygens (including phenoxy) is 1. The Kier molecular flexibility index (Phi) is 3.80. The molecule has 0 spiro atoms. The van der Waals surface area contributed by atoms with Gasteiger partial charge in [0.15, 0.2) is 0 Å². The molecule has 0 radical (unpaired) electrons. The number of nitrogens with one attached hydrogen (secondary N) is 2.